The number of aromatic nitrogens is 2. The molecule has 270 valence electrons. The van der Waals surface area contributed by atoms with Crippen molar-refractivity contribution in [2.24, 2.45) is 23.5 Å². The van der Waals surface area contributed by atoms with E-state index in [2.05, 4.69) is 53.2 Å². The lowest BCUT2D eigenvalue weighted by atomic mass is 9.72. The molecule has 2 atom stereocenters. The topological polar surface area (TPSA) is 151 Å². The number of nitrogens with zero attached hydrogens (tertiary/aromatic N) is 3. The van der Waals surface area contributed by atoms with Gasteiger partial charge in [0, 0.05) is 36.5 Å². The summed E-state index contributed by atoms with van der Waals surface area (Å²) < 4.78 is 0. The SMILES string of the molecule is CCC[C@H]1CC[C@H](C2CCN(c3cnc(-c4ccc(C[C@H](NC(=O)c5ccc(C(C)(C)C)s5)C(=O)N[C@@H](CN)C(=O)O)cc4)nc3)CC2)CC1. The summed E-state index contributed by atoms with van der Waals surface area (Å²) in [5.74, 6) is 1.04. The fourth-order valence-electron chi connectivity index (χ4n) is 7.44. The number of thiophene rings is 1. The Hall–Kier alpha value is -3.83. The second-order valence-corrected chi connectivity index (χ2v) is 16.2. The van der Waals surface area contributed by atoms with E-state index in [-0.39, 0.29) is 18.4 Å². The van der Waals surface area contributed by atoms with Crippen molar-refractivity contribution in [3.63, 3.8) is 0 Å². The third-order valence-corrected chi connectivity index (χ3v) is 12.0. The summed E-state index contributed by atoms with van der Waals surface area (Å²) in [4.78, 5) is 51.4. The maximum absolute atomic E-state index is 13.3. The molecular weight excluding hydrogens is 649 g/mol. The van der Waals surface area contributed by atoms with E-state index in [1.807, 2.05) is 42.7 Å². The molecule has 1 saturated heterocycles. The molecule has 3 aromatic rings. The number of carboxylic acid groups (broad SMARTS) is 1. The van der Waals surface area contributed by atoms with Crippen LogP contribution in [0, 0.1) is 17.8 Å². The molecule has 0 bridgehead atoms. The van der Waals surface area contributed by atoms with Crippen LogP contribution in [0.25, 0.3) is 11.4 Å². The van der Waals surface area contributed by atoms with Crippen LogP contribution in [0.5, 0.6) is 0 Å². The number of rotatable bonds is 13. The Morgan fingerprint density at radius 1 is 0.920 bits per heavy atom. The molecule has 50 heavy (non-hydrogen) atoms. The molecule has 2 aliphatic rings. The van der Waals surface area contributed by atoms with Crippen LogP contribution in [0.3, 0.4) is 0 Å². The highest BCUT2D eigenvalue weighted by atomic mass is 32.1. The lowest BCUT2D eigenvalue weighted by molar-refractivity contribution is -0.141. The first-order chi connectivity index (χ1) is 23.9. The number of carboxylic acids is 1. The van der Waals surface area contributed by atoms with Crippen molar-refractivity contribution in [1.29, 1.82) is 0 Å². The molecule has 0 unspecified atom stereocenters. The van der Waals surface area contributed by atoms with E-state index < -0.39 is 29.9 Å². The summed E-state index contributed by atoms with van der Waals surface area (Å²) in [7, 11) is 0. The number of nitrogens with two attached hydrogens (primary N) is 1. The van der Waals surface area contributed by atoms with Gasteiger partial charge in [0.1, 0.15) is 12.1 Å². The number of benzene rings is 1. The van der Waals surface area contributed by atoms with Crippen molar-refractivity contribution in [3.05, 3.63) is 64.1 Å². The number of amides is 2. The van der Waals surface area contributed by atoms with Gasteiger partial charge in [-0.2, -0.15) is 0 Å². The normalized spacial score (nSPS) is 19.8. The summed E-state index contributed by atoms with van der Waals surface area (Å²) in [5.41, 5.74) is 8.14. The monoisotopic (exact) mass is 702 g/mol. The predicted octanol–water partition coefficient (Wildman–Crippen LogP) is 6.19. The van der Waals surface area contributed by atoms with E-state index >= 15 is 0 Å². The summed E-state index contributed by atoms with van der Waals surface area (Å²) in [6.45, 7) is 10.3. The van der Waals surface area contributed by atoms with E-state index in [9.17, 15) is 19.5 Å². The van der Waals surface area contributed by atoms with Crippen LogP contribution in [-0.2, 0) is 21.4 Å². The number of carbonyl (C=O) groups excluding carboxylic acids is 2. The van der Waals surface area contributed by atoms with Gasteiger partial charge in [0.25, 0.3) is 5.91 Å². The summed E-state index contributed by atoms with van der Waals surface area (Å²) in [6.07, 6.45) is 14.8. The standard InChI is InChI=1S/C39H54N6O4S/c1-5-6-25-7-11-27(12-8-25)28-17-19-45(20-18-28)30-23-41-35(42-24-30)29-13-9-26(10-14-29)21-31(36(46)44-32(22-40)38(48)49)43-37(47)33-15-16-34(50-33)39(2,3)4/h9-10,13-16,23-25,27-28,31-32H,5-8,11-12,17-22,40H2,1-4H3,(H,43,47)(H,44,46)(H,48,49)/t25-,27-,31-,32-/m0/s1. The quantitative estimate of drug-likeness (QED) is 0.165. The summed E-state index contributed by atoms with van der Waals surface area (Å²) >= 11 is 1.37. The molecule has 1 saturated carbocycles. The number of aliphatic carboxylic acids is 1. The number of anilines is 1. The van der Waals surface area contributed by atoms with Crippen molar-refractivity contribution in [2.45, 2.75) is 103 Å². The van der Waals surface area contributed by atoms with Crippen molar-refractivity contribution < 1.29 is 19.5 Å². The van der Waals surface area contributed by atoms with E-state index in [0.717, 1.165) is 52.5 Å². The van der Waals surface area contributed by atoms with Crippen molar-refractivity contribution in [3.8, 4) is 11.4 Å². The third-order valence-electron chi connectivity index (χ3n) is 10.5. The second-order valence-electron chi connectivity index (χ2n) is 15.1. The van der Waals surface area contributed by atoms with Gasteiger partial charge in [0.15, 0.2) is 5.82 Å². The molecule has 2 fully saturated rings. The maximum atomic E-state index is 13.3. The molecule has 0 spiro atoms. The lowest BCUT2D eigenvalue weighted by Gasteiger charge is -2.39. The summed E-state index contributed by atoms with van der Waals surface area (Å²) in [6, 6.07) is 8.93. The smallest absolute Gasteiger partial charge is 0.327 e. The zero-order chi connectivity index (χ0) is 35.8. The van der Waals surface area contributed by atoms with Crippen LogP contribution in [0.1, 0.15) is 99.2 Å². The minimum Gasteiger partial charge on any atom is -0.480 e. The minimum absolute atomic E-state index is 0.120. The van der Waals surface area contributed by atoms with E-state index in [1.54, 1.807) is 6.07 Å². The second kappa shape index (κ2) is 16.9. The third kappa shape index (κ3) is 9.69. The van der Waals surface area contributed by atoms with Gasteiger partial charge >= 0.3 is 5.97 Å². The highest BCUT2D eigenvalue weighted by Gasteiger charge is 2.31. The molecule has 2 aromatic heterocycles. The van der Waals surface area contributed by atoms with Gasteiger partial charge in [-0.25, -0.2) is 14.8 Å². The van der Waals surface area contributed by atoms with Crippen LogP contribution in [-0.4, -0.2) is 64.6 Å². The molecule has 5 N–H and O–H groups in total. The molecule has 10 nitrogen and oxygen atoms in total. The lowest BCUT2D eigenvalue weighted by Crippen LogP contribution is -2.54. The minimum atomic E-state index is -1.26. The fraction of sp³-hybridized carbons (Fsp3) is 0.564. The molecule has 11 heteroatoms. The molecule has 1 aliphatic carbocycles. The van der Waals surface area contributed by atoms with Crippen LogP contribution in [0.4, 0.5) is 5.69 Å². The molecule has 2 amide bonds. The van der Waals surface area contributed by atoms with Gasteiger partial charge in [0.05, 0.1) is 23.0 Å². The van der Waals surface area contributed by atoms with Gasteiger partial charge in [0.2, 0.25) is 5.91 Å². The number of carbonyl (C=O) groups is 3. The highest BCUT2D eigenvalue weighted by molar-refractivity contribution is 7.14. The van der Waals surface area contributed by atoms with E-state index in [4.69, 9.17) is 5.73 Å². The van der Waals surface area contributed by atoms with Crippen LogP contribution < -0.4 is 21.3 Å². The molecule has 5 rings (SSSR count). The first kappa shape index (κ1) is 37.4. The maximum Gasteiger partial charge on any atom is 0.327 e. The number of nitrogens with one attached hydrogen (secondary N) is 2. The average molecular weight is 703 g/mol. The molecule has 0 radical (unpaired) electrons. The summed E-state index contributed by atoms with van der Waals surface area (Å²) in [5, 5.41) is 14.7. The Bertz CT molecular complexity index is 1570. The fourth-order valence-corrected chi connectivity index (χ4v) is 8.41. The molecule has 1 aromatic carbocycles. The van der Waals surface area contributed by atoms with Crippen LogP contribution in [0.15, 0.2) is 48.8 Å². The Labute approximate surface area is 300 Å². The van der Waals surface area contributed by atoms with Gasteiger partial charge in [-0.3, -0.25) is 9.59 Å². The number of piperidine rings is 1. The van der Waals surface area contributed by atoms with Crippen LogP contribution >= 0.6 is 11.3 Å². The van der Waals surface area contributed by atoms with Gasteiger partial charge < -0.3 is 26.4 Å². The molecule has 1 aliphatic heterocycles. The van der Waals surface area contributed by atoms with Crippen molar-refractivity contribution in [1.82, 2.24) is 20.6 Å². The zero-order valence-electron chi connectivity index (χ0n) is 30.0. The number of hydrogen-bond donors (Lipinski definition) is 4. The van der Waals surface area contributed by atoms with Gasteiger partial charge in [-0.05, 0) is 66.5 Å². The van der Waals surface area contributed by atoms with Crippen molar-refractivity contribution in [2.75, 3.05) is 24.5 Å². The largest absolute Gasteiger partial charge is 0.480 e. The zero-order valence-corrected chi connectivity index (χ0v) is 30.8. The first-order valence-electron chi connectivity index (χ1n) is 18.3. The van der Waals surface area contributed by atoms with Gasteiger partial charge in [-0.15, -0.1) is 11.3 Å². The van der Waals surface area contributed by atoms with Gasteiger partial charge in [-0.1, -0.05) is 77.6 Å². The van der Waals surface area contributed by atoms with Crippen LogP contribution in [0.2, 0.25) is 0 Å². The first-order valence-corrected chi connectivity index (χ1v) is 19.1. The molecule has 3 heterocycles. The Balaban J connectivity index is 1.20. The molecular formula is C39H54N6O4S. The Morgan fingerprint density at radius 2 is 1.56 bits per heavy atom. The van der Waals surface area contributed by atoms with E-state index in [0.29, 0.717) is 10.7 Å². The van der Waals surface area contributed by atoms with Crippen molar-refractivity contribution >= 4 is 34.8 Å². The van der Waals surface area contributed by atoms with E-state index in [1.165, 1.54) is 62.7 Å². The Kier molecular flexibility index (Phi) is 12.7. The highest BCUT2D eigenvalue weighted by Crippen LogP contribution is 2.39. The Morgan fingerprint density at radius 3 is 2.12 bits per heavy atom. The predicted molar refractivity (Wildman–Crippen MR) is 199 cm³/mol. The average Bonchev–Trinajstić information content (AvgIpc) is 3.63. The number of hydrogen-bond acceptors (Lipinski definition) is 8.